The molecule has 1 aliphatic rings. The van der Waals surface area contributed by atoms with Gasteiger partial charge < -0.3 is 9.72 Å². The highest BCUT2D eigenvalue weighted by Gasteiger charge is 2.28. The molecule has 5 nitrogen and oxygen atoms in total. The second kappa shape index (κ2) is 6.94. The number of esters is 1. The Morgan fingerprint density at radius 1 is 1.26 bits per heavy atom. The number of nitrogens with one attached hydrogen (secondary N) is 1. The summed E-state index contributed by atoms with van der Waals surface area (Å²) in [4.78, 5) is 39.3. The Balaban J connectivity index is 2.11. The average molecular weight is 317 g/mol. The summed E-state index contributed by atoms with van der Waals surface area (Å²) in [6.07, 6.45) is 5.43. The third-order valence-corrected chi connectivity index (χ3v) is 4.30. The number of rotatable bonds is 5. The summed E-state index contributed by atoms with van der Waals surface area (Å²) in [7, 11) is 0. The molecule has 2 atom stereocenters. The average Bonchev–Trinajstić information content (AvgIpc) is 2.82. The molecule has 1 aromatic heterocycles. The maximum atomic E-state index is 12.5. The number of aromatic amines is 1. The number of ketones is 2. The summed E-state index contributed by atoms with van der Waals surface area (Å²) in [5, 5.41) is 0. The molecular weight excluding hydrogens is 294 g/mol. The van der Waals surface area contributed by atoms with E-state index < -0.39 is 6.10 Å². The Labute approximate surface area is 136 Å². The standard InChI is InChI=1S/C18H23NO4/c1-10-15(12(3)20)11(2)19-16(10)17(21)13(4)23-18(22)14-8-6-5-7-9-14/h5-6,13-14,19H,7-9H2,1-4H3/t13-,14-/m0/s1. The van der Waals surface area contributed by atoms with Crippen molar-refractivity contribution in [2.75, 3.05) is 0 Å². The quantitative estimate of drug-likeness (QED) is 0.513. The van der Waals surface area contributed by atoms with Gasteiger partial charge in [0.05, 0.1) is 11.6 Å². The molecule has 1 N–H and O–H groups in total. The van der Waals surface area contributed by atoms with Crippen LogP contribution in [0.1, 0.15) is 65.2 Å². The van der Waals surface area contributed by atoms with Gasteiger partial charge in [-0.25, -0.2) is 0 Å². The van der Waals surface area contributed by atoms with Gasteiger partial charge in [0.15, 0.2) is 11.9 Å². The molecule has 0 radical (unpaired) electrons. The fraction of sp³-hybridized carbons (Fsp3) is 0.500. The van der Waals surface area contributed by atoms with E-state index >= 15 is 0 Å². The van der Waals surface area contributed by atoms with Crippen LogP contribution >= 0.6 is 0 Å². The predicted molar refractivity (Wildman–Crippen MR) is 86.6 cm³/mol. The molecule has 5 heteroatoms. The molecule has 0 saturated heterocycles. The minimum Gasteiger partial charge on any atom is -0.454 e. The van der Waals surface area contributed by atoms with Crippen LogP contribution in [0.4, 0.5) is 0 Å². The fourth-order valence-electron chi connectivity index (χ4n) is 3.06. The molecule has 0 bridgehead atoms. The van der Waals surface area contributed by atoms with Crippen molar-refractivity contribution >= 4 is 17.5 Å². The van der Waals surface area contributed by atoms with E-state index in [1.165, 1.54) is 6.92 Å². The molecule has 0 saturated carbocycles. The van der Waals surface area contributed by atoms with Crippen molar-refractivity contribution in [3.05, 3.63) is 34.7 Å². The molecule has 0 unspecified atom stereocenters. The van der Waals surface area contributed by atoms with E-state index in [0.29, 0.717) is 28.9 Å². The van der Waals surface area contributed by atoms with Gasteiger partial charge in [-0.1, -0.05) is 12.2 Å². The van der Waals surface area contributed by atoms with Crippen LogP contribution in [0.15, 0.2) is 12.2 Å². The molecule has 0 aromatic carbocycles. The number of hydrogen-bond acceptors (Lipinski definition) is 4. The lowest BCUT2D eigenvalue weighted by molar-refractivity contribution is -0.151. The minimum atomic E-state index is -0.870. The molecule has 2 rings (SSSR count). The number of H-pyrrole nitrogens is 1. The summed E-state index contributed by atoms with van der Waals surface area (Å²) >= 11 is 0. The third-order valence-electron chi connectivity index (χ3n) is 4.30. The SMILES string of the molecule is CC(=O)c1c(C)[nH]c(C(=O)[C@H](C)OC(=O)[C@H]2CC=CCC2)c1C. The number of ether oxygens (including phenoxy) is 1. The smallest absolute Gasteiger partial charge is 0.309 e. The van der Waals surface area contributed by atoms with E-state index in [4.69, 9.17) is 4.74 Å². The number of Topliss-reactive ketones (excluding diaryl/α,β-unsaturated/α-hetero) is 2. The second-order valence-electron chi connectivity index (χ2n) is 6.11. The first-order valence-electron chi connectivity index (χ1n) is 7.92. The van der Waals surface area contributed by atoms with Crippen LogP contribution in [0.5, 0.6) is 0 Å². The lowest BCUT2D eigenvalue weighted by atomic mass is 9.94. The number of carbonyl (C=O) groups excluding carboxylic acids is 3. The number of hydrogen-bond donors (Lipinski definition) is 1. The van der Waals surface area contributed by atoms with Gasteiger partial charge in [0.1, 0.15) is 0 Å². The van der Waals surface area contributed by atoms with Crippen LogP contribution in [-0.2, 0) is 9.53 Å². The molecule has 1 aliphatic carbocycles. The summed E-state index contributed by atoms with van der Waals surface area (Å²) in [6.45, 7) is 6.53. The van der Waals surface area contributed by atoms with Crippen molar-refractivity contribution < 1.29 is 19.1 Å². The Hall–Kier alpha value is -2.17. The van der Waals surface area contributed by atoms with Gasteiger partial charge in [-0.3, -0.25) is 14.4 Å². The molecule has 23 heavy (non-hydrogen) atoms. The summed E-state index contributed by atoms with van der Waals surface area (Å²) in [5.74, 6) is -0.899. The summed E-state index contributed by atoms with van der Waals surface area (Å²) in [6, 6.07) is 0. The van der Waals surface area contributed by atoms with Gasteiger partial charge >= 0.3 is 5.97 Å². The van der Waals surface area contributed by atoms with Crippen LogP contribution in [0.2, 0.25) is 0 Å². The first-order chi connectivity index (χ1) is 10.8. The lowest BCUT2D eigenvalue weighted by Crippen LogP contribution is -2.29. The van der Waals surface area contributed by atoms with E-state index in [2.05, 4.69) is 4.98 Å². The van der Waals surface area contributed by atoms with Gasteiger partial charge in [-0.2, -0.15) is 0 Å². The van der Waals surface area contributed by atoms with Crippen LogP contribution < -0.4 is 0 Å². The first kappa shape index (κ1) is 17.2. The van der Waals surface area contributed by atoms with E-state index in [1.807, 2.05) is 12.2 Å². The molecule has 0 aliphatic heterocycles. The van der Waals surface area contributed by atoms with Crippen LogP contribution in [0, 0.1) is 19.8 Å². The van der Waals surface area contributed by atoms with Crippen molar-refractivity contribution in [1.29, 1.82) is 0 Å². The van der Waals surface area contributed by atoms with Gasteiger partial charge in [-0.05, 0) is 52.5 Å². The summed E-state index contributed by atoms with van der Waals surface area (Å²) < 4.78 is 5.34. The van der Waals surface area contributed by atoms with Crippen molar-refractivity contribution in [2.45, 2.75) is 53.1 Å². The molecule has 0 amide bonds. The number of aromatic nitrogens is 1. The monoisotopic (exact) mass is 317 g/mol. The van der Waals surface area contributed by atoms with E-state index in [0.717, 1.165) is 12.8 Å². The topological polar surface area (TPSA) is 76.2 Å². The van der Waals surface area contributed by atoms with Crippen molar-refractivity contribution in [3.8, 4) is 0 Å². The first-order valence-corrected chi connectivity index (χ1v) is 7.92. The Morgan fingerprint density at radius 3 is 2.48 bits per heavy atom. The molecule has 1 heterocycles. The van der Waals surface area contributed by atoms with E-state index in [1.54, 1.807) is 20.8 Å². The Morgan fingerprint density at radius 2 is 1.96 bits per heavy atom. The van der Waals surface area contributed by atoms with Gasteiger partial charge in [0, 0.05) is 11.3 Å². The molecule has 124 valence electrons. The predicted octanol–water partition coefficient (Wildman–Crippen LogP) is 3.30. The van der Waals surface area contributed by atoms with Crippen molar-refractivity contribution in [1.82, 2.24) is 4.98 Å². The lowest BCUT2D eigenvalue weighted by Gasteiger charge is -2.19. The van der Waals surface area contributed by atoms with Gasteiger partial charge in [0.2, 0.25) is 5.78 Å². The van der Waals surface area contributed by atoms with Crippen LogP contribution in [0.25, 0.3) is 0 Å². The third kappa shape index (κ3) is 3.60. The van der Waals surface area contributed by atoms with Gasteiger partial charge in [0.25, 0.3) is 0 Å². The van der Waals surface area contributed by atoms with Crippen LogP contribution in [0.3, 0.4) is 0 Å². The molecule has 0 spiro atoms. The maximum Gasteiger partial charge on any atom is 0.309 e. The minimum absolute atomic E-state index is 0.0889. The highest BCUT2D eigenvalue weighted by atomic mass is 16.5. The van der Waals surface area contributed by atoms with E-state index in [-0.39, 0.29) is 23.5 Å². The second-order valence-corrected chi connectivity index (χ2v) is 6.11. The van der Waals surface area contributed by atoms with E-state index in [9.17, 15) is 14.4 Å². The Bertz CT molecular complexity index is 669. The molecule has 1 aromatic rings. The zero-order valence-electron chi connectivity index (χ0n) is 14.1. The normalized spacial score (nSPS) is 18.5. The van der Waals surface area contributed by atoms with Crippen molar-refractivity contribution in [3.63, 3.8) is 0 Å². The Kier molecular flexibility index (Phi) is 5.19. The molecule has 0 fully saturated rings. The molecular formula is C18H23NO4. The zero-order chi connectivity index (χ0) is 17.1. The maximum absolute atomic E-state index is 12.5. The number of allylic oxidation sites excluding steroid dienone is 2. The highest BCUT2D eigenvalue weighted by molar-refractivity contribution is 6.05. The van der Waals surface area contributed by atoms with Crippen molar-refractivity contribution in [2.24, 2.45) is 5.92 Å². The summed E-state index contributed by atoms with van der Waals surface area (Å²) in [5.41, 5.74) is 2.15. The number of aryl methyl sites for hydroxylation is 1. The highest BCUT2D eigenvalue weighted by Crippen LogP contribution is 2.23. The zero-order valence-corrected chi connectivity index (χ0v) is 14.1. The fourth-order valence-corrected chi connectivity index (χ4v) is 3.06. The number of carbonyl (C=O) groups is 3. The van der Waals surface area contributed by atoms with Gasteiger partial charge in [-0.15, -0.1) is 0 Å². The van der Waals surface area contributed by atoms with Crippen LogP contribution in [-0.4, -0.2) is 28.6 Å². The largest absolute Gasteiger partial charge is 0.454 e.